The van der Waals surface area contributed by atoms with Crippen LogP contribution in [0.4, 0.5) is 0 Å². The zero-order valence-corrected chi connectivity index (χ0v) is 5.96. The molecule has 1 rings (SSSR count). The Morgan fingerprint density at radius 2 is 2.22 bits per heavy atom. The number of rotatable bonds is 2. The third-order valence-electron chi connectivity index (χ3n) is 1.58. The van der Waals surface area contributed by atoms with Gasteiger partial charge in [0.2, 0.25) is 0 Å². The van der Waals surface area contributed by atoms with Crippen molar-refractivity contribution in [3.05, 3.63) is 0 Å². The van der Waals surface area contributed by atoms with Gasteiger partial charge in [-0.1, -0.05) is 6.92 Å². The molecule has 0 aromatic carbocycles. The Morgan fingerprint density at radius 3 is 2.56 bits per heavy atom. The van der Waals surface area contributed by atoms with E-state index in [-0.39, 0.29) is 26.4 Å². The smallest absolute Gasteiger partial charge is 1.00 e. The van der Waals surface area contributed by atoms with Crippen molar-refractivity contribution in [1.82, 2.24) is 0 Å². The standard InChI is InChI=1S/C6H10O2.Li.H/c1-5-2-6(3-5)8-4-7;;/h4-6H,2-3H2,1H3;;/q;+1;-1. The molecule has 2 nitrogen and oxygen atoms in total. The molecule has 3 heteroatoms. The SMILES string of the molecule is CC1CC(OC=O)C1.[H-].[Li+]. The van der Waals surface area contributed by atoms with Crippen LogP contribution in [0.15, 0.2) is 0 Å². The Kier molecular flexibility index (Phi) is 4.01. The second-order valence-corrected chi connectivity index (χ2v) is 2.43. The van der Waals surface area contributed by atoms with Crippen molar-refractivity contribution in [2.45, 2.75) is 25.9 Å². The van der Waals surface area contributed by atoms with E-state index in [2.05, 4.69) is 11.7 Å². The fraction of sp³-hybridized carbons (Fsp3) is 0.833. The van der Waals surface area contributed by atoms with Crippen molar-refractivity contribution in [1.29, 1.82) is 0 Å². The third-order valence-corrected chi connectivity index (χ3v) is 1.58. The van der Waals surface area contributed by atoms with Gasteiger partial charge in [0.05, 0.1) is 0 Å². The summed E-state index contributed by atoms with van der Waals surface area (Å²) in [7, 11) is 0. The summed E-state index contributed by atoms with van der Waals surface area (Å²) in [6.45, 7) is 2.70. The van der Waals surface area contributed by atoms with Crippen LogP contribution in [0, 0.1) is 5.92 Å². The van der Waals surface area contributed by atoms with Gasteiger partial charge in [0, 0.05) is 0 Å². The molecule has 0 aliphatic heterocycles. The largest absolute Gasteiger partial charge is 1.00 e. The predicted molar refractivity (Wildman–Crippen MR) is 30.4 cm³/mol. The fourth-order valence-electron chi connectivity index (χ4n) is 1.02. The first-order valence-electron chi connectivity index (χ1n) is 2.92. The molecule has 0 aromatic heterocycles. The summed E-state index contributed by atoms with van der Waals surface area (Å²) in [6, 6.07) is 0. The Morgan fingerprint density at radius 1 is 1.67 bits per heavy atom. The third kappa shape index (κ3) is 2.42. The molecule has 1 aliphatic carbocycles. The van der Waals surface area contributed by atoms with Gasteiger partial charge in [0.15, 0.2) is 0 Å². The normalized spacial score (nSPS) is 31.7. The molecule has 9 heavy (non-hydrogen) atoms. The minimum atomic E-state index is 0. The molecule has 0 N–H and O–H groups in total. The Bertz CT molecular complexity index is 93.7. The van der Waals surface area contributed by atoms with Crippen molar-refractivity contribution in [3.8, 4) is 0 Å². The number of carbonyl (C=O) groups excluding carboxylic acids is 1. The van der Waals surface area contributed by atoms with Crippen LogP contribution in [0.3, 0.4) is 0 Å². The zero-order chi connectivity index (χ0) is 5.98. The summed E-state index contributed by atoms with van der Waals surface area (Å²) in [5.74, 6) is 0.764. The molecular weight excluding hydrogens is 111 g/mol. The van der Waals surface area contributed by atoms with Crippen molar-refractivity contribution in [2.24, 2.45) is 5.92 Å². The molecule has 0 aromatic rings. The van der Waals surface area contributed by atoms with Gasteiger partial charge < -0.3 is 6.16 Å². The van der Waals surface area contributed by atoms with Crippen LogP contribution in [-0.2, 0) is 9.53 Å². The summed E-state index contributed by atoms with van der Waals surface area (Å²) < 4.78 is 4.67. The molecular formula is C6H11LiO2. The summed E-state index contributed by atoms with van der Waals surface area (Å²) in [5, 5.41) is 0. The predicted octanol–water partition coefficient (Wildman–Crippen LogP) is -1.93. The minimum Gasteiger partial charge on any atom is -1.00 e. The van der Waals surface area contributed by atoms with Gasteiger partial charge in [0.25, 0.3) is 6.47 Å². The van der Waals surface area contributed by atoms with E-state index in [1.165, 1.54) is 0 Å². The van der Waals surface area contributed by atoms with Crippen LogP contribution in [-0.4, -0.2) is 12.6 Å². The Labute approximate surface area is 68.6 Å². The first kappa shape index (κ1) is 9.07. The molecule has 48 valence electrons. The van der Waals surface area contributed by atoms with E-state index in [9.17, 15) is 4.79 Å². The molecule has 1 fully saturated rings. The molecule has 0 amide bonds. The van der Waals surface area contributed by atoms with Gasteiger partial charge in [-0.05, 0) is 18.8 Å². The molecule has 0 heterocycles. The van der Waals surface area contributed by atoms with Crippen LogP contribution in [0.25, 0.3) is 0 Å². The van der Waals surface area contributed by atoms with E-state index in [0.29, 0.717) is 6.47 Å². The molecule has 0 bridgehead atoms. The number of carbonyl (C=O) groups is 1. The maximum atomic E-state index is 9.69. The van der Waals surface area contributed by atoms with Crippen molar-refractivity contribution in [3.63, 3.8) is 0 Å². The van der Waals surface area contributed by atoms with Crippen molar-refractivity contribution < 1.29 is 29.8 Å². The molecule has 0 saturated heterocycles. The Balaban J connectivity index is 0. The summed E-state index contributed by atoms with van der Waals surface area (Å²) in [5.41, 5.74) is 0. The van der Waals surface area contributed by atoms with E-state index in [1.54, 1.807) is 0 Å². The monoisotopic (exact) mass is 122 g/mol. The van der Waals surface area contributed by atoms with Crippen molar-refractivity contribution in [2.75, 3.05) is 0 Å². The summed E-state index contributed by atoms with van der Waals surface area (Å²) in [6.07, 6.45) is 2.35. The average molecular weight is 122 g/mol. The molecule has 1 aliphatic rings. The number of hydrogen-bond acceptors (Lipinski definition) is 2. The number of hydrogen-bond donors (Lipinski definition) is 0. The number of ether oxygens (including phenoxy) is 1. The van der Waals surface area contributed by atoms with Crippen molar-refractivity contribution >= 4 is 6.47 Å². The van der Waals surface area contributed by atoms with Crippen LogP contribution in [0.1, 0.15) is 21.2 Å². The first-order chi connectivity index (χ1) is 3.83. The quantitative estimate of drug-likeness (QED) is 0.315. The van der Waals surface area contributed by atoms with E-state index in [0.717, 1.165) is 18.8 Å². The van der Waals surface area contributed by atoms with Crippen LogP contribution < -0.4 is 18.9 Å². The minimum absolute atomic E-state index is 0. The molecule has 0 radical (unpaired) electrons. The maximum absolute atomic E-state index is 9.69. The molecule has 0 atom stereocenters. The van der Waals surface area contributed by atoms with E-state index >= 15 is 0 Å². The maximum Gasteiger partial charge on any atom is 1.00 e. The second kappa shape index (κ2) is 3.98. The average Bonchev–Trinajstić information content (AvgIpc) is 1.64. The Hall–Kier alpha value is 0.0674. The first-order valence-corrected chi connectivity index (χ1v) is 2.92. The summed E-state index contributed by atoms with van der Waals surface area (Å²) in [4.78, 5) is 9.69. The van der Waals surface area contributed by atoms with Gasteiger partial charge >= 0.3 is 18.9 Å². The van der Waals surface area contributed by atoms with Crippen LogP contribution in [0.2, 0.25) is 0 Å². The molecule has 1 saturated carbocycles. The molecule has 0 spiro atoms. The van der Waals surface area contributed by atoms with Gasteiger partial charge in [-0.25, -0.2) is 0 Å². The van der Waals surface area contributed by atoms with E-state index < -0.39 is 0 Å². The van der Waals surface area contributed by atoms with Gasteiger partial charge in [-0.2, -0.15) is 0 Å². The van der Waals surface area contributed by atoms with Gasteiger partial charge in [-0.15, -0.1) is 0 Å². The van der Waals surface area contributed by atoms with E-state index in [4.69, 9.17) is 0 Å². The fourth-order valence-corrected chi connectivity index (χ4v) is 1.02. The molecule has 0 unspecified atom stereocenters. The van der Waals surface area contributed by atoms with Gasteiger partial charge in [0.1, 0.15) is 6.10 Å². The second-order valence-electron chi connectivity index (χ2n) is 2.43. The summed E-state index contributed by atoms with van der Waals surface area (Å²) >= 11 is 0. The van der Waals surface area contributed by atoms with Crippen LogP contribution in [0.5, 0.6) is 0 Å². The van der Waals surface area contributed by atoms with Crippen LogP contribution >= 0.6 is 0 Å². The van der Waals surface area contributed by atoms with E-state index in [1.807, 2.05) is 0 Å². The zero-order valence-electron chi connectivity index (χ0n) is 6.96. The van der Waals surface area contributed by atoms with Gasteiger partial charge in [-0.3, -0.25) is 4.79 Å². The topological polar surface area (TPSA) is 26.3 Å².